The number of aliphatic hydroxyl groups excluding tert-OH is 3. The molecule has 0 spiro atoms. The van der Waals surface area contributed by atoms with Gasteiger partial charge in [0.25, 0.3) is 0 Å². The minimum atomic E-state index is -1.25. The first-order chi connectivity index (χ1) is 13.5. The number of ether oxygens (including phenoxy) is 1. The van der Waals surface area contributed by atoms with E-state index in [-0.39, 0.29) is 18.0 Å². The van der Waals surface area contributed by atoms with Crippen molar-refractivity contribution in [3.63, 3.8) is 0 Å². The third-order valence-electron chi connectivity index (χ3n) is 4.67. The molecular weight excluding hydrogens is 370 g/mol. The number of aromatic nitrogens is 4. The summed E-state index contributed by atoms with van der Waals surface area (Å²) in [5, 5.41) is 51.7. The molecule has 2 aromatic heterocycles. The fourth-order valence-electron chi connectivity index (χ4n) is 3.16. The van der Waals surface area contributed by atoms with E-state index in [9.17, 15) is 25.5 Å². The van der Waals surface area contributed by atoms with Crippen LogP contribution in [0.3, 0.4) is 0 Å². The fraction of sp³-hybridized carbons (Fsp3) is 0.353. The summed E-state index contributed by atoms with van der Waals surface area (Å²) < 4.78 is 6.98. The van der Waals surface area contributed by atoms with E-state index in [2.05, 4.69) is 20.3 Å². The lowest BCUT2D eigenvalue weighted by Crippen LogP contribution is -2.33. The average Bonchev–Trinajstić information content (AvgIpc) is 3.23. The third kappa shape index (κ3) is 3.10. The van der Waals surface area contributed by atoms with E-state index in [4.69, 9.17) is 4.74 Å². The van der Waals surface area contributed by atoms with Crippen LogP contribution >= 0.6 is 0 Å². The van der Waals surface area contributed by atoms with Crippen molar-refractivity contribution in [2.75, 3.05) is 11.9 Å². The Balaban J connectivity index is 1.60. The number of rotatable bonds is 5. The van der Waals surface area contributed by atoms with Crippen LogP contribution in [-0.4, -0.2) is 70.0 Å². The van der Waals surface area contributed by atoms with Gasteiger partial charge in [0.15, 0.2) is 23.2 Å². The smallest absolute Gasteiger partial charge is 0.167 e. The minimum absolute atomic E-state index is 0.0390. The molecule has 11 nitrogen and oxygen atoms in total. The number of phenolic OH excluding ortho intramolecular Hbond substituents is 2. The zero-order valence-electron chi connectivity index (χ0n) is 14.5. The normalized spacial score (nSPS) is 24.7. The highest BCUT2D eigenvalue weighted by Gasteiger charge is 2.44. The predicted octanol–water partition coefficient (Wildman–Crippen LogP) is -0.539. The molecule has 0 unspecified atom stereocenters. The summed E-state index contributed by atoms with van der Waals surface area (Å²) in [4.78, 5) is 12.6. The number of nitrogens with zero attached hydrogens (tertiary/aromatic N) is 4. The van der Waals surface area contributed by atoms with E-state index in [0.717, 1.165) is 0 Å². The zero-order chi connectivity index (χ0) is 19.8. The van der Waals surface area contributed by atoms with Gasteiger partial charge >= 0.3 is 0 Å². The molecule has 6 N–H and O–H groups in total. The summed E-state index contributed by atoms with van der Waals surface area (Å²) in [6.45, 7) is -0.210. The van der Waals surface area contributed by atoms with Gasteiger partial charge in [0.05, 0.1) is 12.9 Å². The molecule has 0 amide bonds. The molecule has 0 radical (unpaired) electrons. The number of imidazole rings is 1. The van der Waals surface area contributed by atoms with E-state index in [0.29, 0.717) is 22.5 Å². The van der Waals surface area contributed by atoms with Crippen molar-refractivity contribution in [2.45, 2.75) is 31.1 Å². The van der Waals surface area contributed by atoms with Gasteiger partial charge in [-0.1, -0.05) is 0 Å². The summed E-state index contributed by atoms with van der Waals surface area (Å²) in [7, 11) is 0. The van der Waals surface area contributed by atoms with Crippen LogP contribution < -0.4 is 5.32 Å². The van der Waals surface area contributed by atoms with E-state index in [1.807, 2.05) is 0 Å². The summed E-state index contributed by atoms with van der Waals surface area (Å²) >= 11 is 0. The van der Waals surface area contributed by atoms with Gasteiger partial charge < -0.3 is 35.6 Å². The van der Waals surface area contributed by atoms with Gasteiger partial charge in [0.2, 0.25) is 0 Å². The van der Waals surface area contributed by atoms with E-state index >= 15 is 0 Å². The second kappa shape index (κ2) is 7.20. The number of fused-ring (bicyclic) bond motifs is 1. The van der Waals surface area contributed by atoms with Gasteiger partial charge in [0.1, 0.15) is 36.1 Å². The molecular formula is C17H19N5O6. The highest BCUT2D eigenvalue weighted by atomic mass is 16.6. The van der Waals surface area contributed by atoms with Crippen molar-refractivity contribution in [3.8, 4) is 11.5 Å². The van der Waals surface area contributed by atoms with Gasteiger partial charge in [-0.3, -0.25) is 4.57 Å². The standard InChI is InChI=1S/C17H19N5O6/c23-5-11-13(26)14(27)17(28-11)22-7-21-12-15(19-6-20-16(12)22)18-4-8-1-2-9(24)3-10(8)25/h1-3,6-7,11,13-14,17,23-27H,4-5H2,(H,18,19,20)/t11-,13-,14+,17-/m1/s1. The first-order valence-electron chi connectivity index (χ1n) is 8.54. The highest BCUT2D eigenvalue weighted by molar-refractivity contribution is 5.82. The van der Waals surface area contributed by atoms with Crippen LogP contribution in [0.4, 0.5) is 5.82 Å². The van der Waals surface area contributed by atoms with Crippen LogP contribution in [0.25, 0.3) is 11.2 Å². The van der Waals surface area contributed by atoms with Crippen molar-refractivity contribution < 1.29 is 30.3 Å². The first-order valence-corrected chi connectivity index (χ1v) is 8.54. The predicted molar refractivity (Wildman–Crippen MR) is 95.4 cm³/mol. The molecule has 11 heteroatoms. The molecule has 1 aromatic carbocycles. The molecule has 1 saturated heterocycles. The topological polar surface area (TPSA) is 166 Å². The summed E-state index contributed by atoms with van der Waals surface area (Å²) in [6.07, 6.45) is -1.64. The van der Waals surface area contributed by atoms with Crippen molar-refractivity contribution in [1.82, 2.24) is 19.5 Å². The van der Waals surface area contributed by atoms with Crippen molar-refractivity contribution >= 4 is 17.0 Å². The maximum absolute atomic E-state index is 10.2. The lowest BCUT2D eigenvalue weighted by atomic mass is 10.1. The SMILES string of the molecule is OC[C@H]1O[C@@H](n2cnc3c(NCc4ccc(O)cc4O)ncnc32)[C@@H](O)[C@@H]1O. The number of aliphatic hydroxyl groups is 3. The lowest BCUT2D eigenvalue weighted by Gasteiger charge is -2.16. The monoisotopic (exact) mass is 389 g/mol. The molecule has 4 atom stereocenters. The van der Waals surface area contributed by atoms with E-state index < -0.39 is 31.1 Å². The number of hydrogen-bond acceptors (Lipinski definition) is 10. The molecule has 1 fully saturated rings. The molecule has 4 rings (SSSR count). The van der Waals surface area contributed by atoms with Crippen LogP contribution in [0.1, 0.15) is 11.8 Å². The maximum Gasteiger partial charge on any atom is 0.167 e. The maximum atomic E-state index is 10.2. The Hall–Kier alpha value is -2.99. The molecule has 0 bridgehead atoms. The van der Waals surface area contributed by atoms with Crippen molar-refractivity contribution in [1.29, 1.82) is 0 Å². The second-order valence-corrected chi connectivity index (χ2v) is 6.44. The number of phenols is 2. The number of aromatic hydroxyl groups is 2. The molecule has 1 aliphatic heterocycles. The second-order valence-electron chi connectivity index (χ2n) is 6.44. The van der Waals surface area contributed by atoms with Crippen LogP contribution in [0.15, 0.2) is 30.9 Å². The molecule has 3 heterocycles. The number of benzene rings is 1. The van der Waals surface area contributed by atoms with Crippen LogP contribution in [0.2, 0.25) is 0 Å². The number of anilines is 1. The summed E-state index contributed by atoms with van der Waals surface area (Å²) in [6, 6.07) is 4.28. The Morgan fingerprint density at radius 2 is 1.93 bits per heavy atom. The van der Waals surface area contributed by atoms with Gasteiger partial charge in [0, 0.05) is 18.2 Å². The van der Waals surface area contributed by atoms with Gasteiger partial charge in [-0.2, -0.15) is 0 Å². The number of hydrogen-bond donors (Lipinski definition) is 6. The van der Waals surface area contributed by atoms with Crippen LogP contribution in [0, 0.1) is 0 Å². The van der Waals surface area contributed by atoms with Crippen LogP contribution in [0.5, 0.6) is 11.5 Å². The molecule has 148 valence electrons. The lowest BCUT2D eigenvalue weighted by molar-refractivity contribution is -0.0511. The number of nitrogens with one attached hydrogen (secondary N) is 1. The van der Waals surface area contributed by atoms with Gasteiger partial charge in [-0.25, -0.2) is 15.0 Å². The highest BCUT2D eigenvalue weighted by Crippen LogP contribution is 2.32. The van der Waals surface area contributed by atoms with E-state index in [1.54, 1.807) is 6.07 Å². The quantitative estimate of drug-likeness (QED) is 0.334. The molecule has 28 heavy (non-hydrogen) atoms. The van der Waals surface area contributed by atoms with Crippen LogP contribution in [-0.2, 0) is 11.3 Å². The zero-order valence-corrected chi connectivity index (χ0v) is 14.5. The minimum Gasteiger partial charge on any atom is -0.508 e. The Labute approximate surface area is 158 Å². The van der Waals surface area contributed by atoms with Gasteiger partial charge in [-0.05, 0) is 12.1 Å². The van der Waals surface area contributed by atoms with Crippen molar-refractivity contribution in [3.05, 3.63) is 36.4 Å². The summed E-state index contributed by atoms with van der Waals surface area (Å²) in [5.41, 5.74) is 1.31. The Morgan fingerprint density at radius 1 is 1.11 bits per heavy atom. The Bertz CT molecular complexity index is 995. The van der Waals surface area contributed by atoms with E-state index in [1.165, 1.54) is 29.4 Å². The molecule has 0 aliphatic carbocycles. The summed E-state index contributed by atoms with van der Waals surface area (Å²) in [5.74, 6) is 0.292. The average molecular weight is 389 g/mol. The third-order valence-corrected chi connectivity index (χ3v) is 4.67. The first kappa shape index (κ1) is 18.4. The Morgan fingerprint density at radius 3 is 2.64 bits per heavy atom. The fourth-order valence-corrected chi connectivity index (χ4v) is 3.16. The van der Waals surface area contributed by atoms with Gasteiger partial charge in [-0.15, -0.1) is 0 Å². The molecule has 0 saturated carbocycles. The molecule has 3 aromatic rings. The van der Waals surface area contributed by atoms with Crippen molar-refractivity contribution in [2.24, 2.45) is 0 Å². The largest absolute Gasteiger partial charge is 0.508 e. The molecule has 1 aliphatic rings. The Kier molecular flexibility index (Phi) is 4.73.